The molecule has 0 radical (unpaired) electrons. The smallest absolute Gasteiger partial charge is 0.300 e. The fourth-order valence-electron chi connectivity index (χ4n) is 3.81. The summed E-state index contributed by atoms with van der Waals surface area (Å²) >= 11 is 0. The van der Waals surface area contributed by atoms with Crippen molar-refractivity contribution in [3.05, 3.63) is 95.1 Å². The van der Waals surface area contributed by atoms with Gasteiger partial charge in [0.25, 0.3) is 11.7 Å². The number of aliphatic hydroxyl groups excluding tert-OH is 1. The number of rotatable bonds is 6. The van der Waals surface area contributed by atoms with E-state index in [0.29, 0.717) is 17.9 Å². The fourth-order valence-corrected chi connectivity index (χ4v) is 3.81. The van der Waals surface area contributed by atoms with E-state index in [1.807, 2.05) is 6.92 Å². The van der Waals surface area contributed by atoms with Crippen LogP contribution in [0, 0.1) is 11.6 Å². The second kappa shape index (κ2) is 9.35. The molecule has 0 bridgehead atoms. The predicted molar refractivity (Wildman–Crippen MR) is 121 cm³/mol. The molecule has 8 heteroatoms. The van der Waals surface area contributed by atoms with Crippen molar-refractivity contribution in [2.45, 2.75) is 19.4 Å². The molecule has 1 amide bonds. The Morgan fingerprint density at radius 2 is 1.68 bits per heavy atom. The van der Waals surface area contributed by atoms with Gasteiger partial charge in [-0.15, -0.1) is 0 Å². The Balaban J connectivity index is 1.88. The normalized spacial score (nSPS) is 17.3. The van der Waals surface area contributed by atoms with Gasteiger partial charge in [-0.2, -0.15) is 0 Å². The van der Waals surface area contributed by atoms with E-state index in [1.54, 1.807) is 12.1 Å². The number of carbonyl (C=O) groups is 2. The average molecular weight is 465 g/mol. The molecule has 2 N–H and O–H groups in total. The Kier molecular flexibility index (Phi) is 6.32. The molecule has 4 rings (SSSR count). The number of ether oxygens (including phenoxy) is 1. The first-order chi connectivity index (χ1) is 16.3. The number of nitrogens with zero attached hydrogens (tertiary/aromatic N) is 1. The Bertz CT molecular complexity index is 1270. The zero-order valence-corrected chi connectivity index (χ0v) is 18.2. The molecule has 1 fully saturated rings. The van der Waals surface area contributed by atoms with Gasteiger partial charge in [0, 0.05) is 11.6 Å². The first-order valence-corrected chi connectivity index (χ1v) is 10.6. The van der Waals surface area contributed by atoms with Crippen molar-refractivity contribution < 1.29 is 33.3 Å². The van der Waals surface area contributed by atoms with Gasteiger partial charge in [-0.05, 0) is 60.5 Å². The summed E-state index contributed by atoms with van der Waals surface area (Å²) in [5, 5.41) is 20.7. The molecular weight excluding hydrogens is 444 g/mol. The number of ketones is 1. The summed E-state index contributed by atoms with van der Waals surface area (Å²) in [5.74, 6) is -3.86. The molecule has 1 saturated heterocycles. The van der Waals surface area contributed by atoms with Gasteiger partial charge in [0.2, 0.25) is 0 Å². The van der Waals surface area contributed by atoms with Crippen LogP contribution in [-0.2, 0) is 9.59 Å². The molecule has 0 spiro atoms. The second-order valence-electron chi connectivity index (χ2n) is 7.73. The third kappa shape index (κ3) is 4.22. The highest BCUT2D eigenvalue weighted by Gasteiger charge is 2.47. The van der Waals surface area contributed by atoms with Gasteiger partial charge in [0.05, 0.1) is 23.9 Å². The predicted octanol–water partition coefficient (Wildman–Crippen LogP) is 5.09. The van der Waals surface area contributed by atoms with Gasteiger partial charge in [0.1, 0.15) is 28.9 Å². The largest absolute Gasteiger partial charge is 0.508 e. The molecule has 3 aromatic rings. The number of hydrogen-bond acceptors (Lipinski definition) is 5. The maximum Gasteiger partial charge on any atom is 0.300 e. The molecule has 6 nitrogen and oxygen atoms in total. The van der Waals surface area contributed by atoms with Gasteiger partial charge in [-0.25, -0.2) is 8.78 Å². The van der Waals surface area contributed by atoms with Crippen LogP contribution in [0.25, 0.3) is 5.76 Å². The number of anilines is 1. The van der Waals surface area contributed by atoms with Crippen LogP contribution in [0.3, 0.4) is 0 Å². The summed E-state index contributed by atoms with van der Waals surface area (Å²) in [4.78, 5) is 26.9. The van der Waals surface area contributed by atoms with E-state index in [0.717, 1.165) is 29.5 Å². The Morgan fingerprint density at radius 3 is 2.32 bits per heavy atom. The number of aliphatic hydroxyl groups is 1. The number of benzene rings is 3. The van der Waals surface area contributed by atoms with E-state index in [4.69, 9.17) is 4.74 Å². The summed E-state index contributed by atoms with van der Waals surface area (Å²) < 4.78 is 34.2. The molecule has 1 atom stereocenters. The molecule has 1 aliphatic heterocycles. The minimum Gasteiger partial charge on any atom is -0.508 e. The molecule has 1 heterocycles. The number of amides is 1. The Morgan fingerprint density at radius 1 is 1.00 bits per heavy atom. The van der Waals surface area contributed by atoms with E-state index >= 15 is 0 Å². The van der Waals surface area contributed by atoms with Crippen molar-refractivity contribution in [2.24, 2.45) is 0 Å². The zero-order chi connectivity index (χ0) is 24.4. The molecular formula is C26H21F2NO5. The van der Waals surface area contributed by atoms with E-state index in [9.17, 15) is 28.6 Å². The molecule has 174 valence electrons. The minimum absolute atomic E-state index is 0.0692. The van der Waals surface area contributed by atoms with Gasteiger partial charge in [0.15, 0.2) is 0 Å². The highest BCUT2D eigenvalue weighted by Crippen LogP contribution is 2.43. The number of carbonyl (C=O) groups excluding carboxylic acids is 2. The number of halogens is 2. The van der Waals surface area contributed by atoms with Crippen molar-refractivity contribution in [2.75, 3.05) is 11.5 Å². The fraction of sp³-hybridized carbons (Fsp3) is 0.154. The lowest BCUT2D eigenvalue weighted by atomic mass is 9.95. The molecule has 0 aromatic heterocycles. The summed E-state index contributed by atoms with van der Waals surface area (Å²) in [6.45, 7) is 2.47. The summed E-state index contributed by atoms with van der Waals surface area (Å²) in [6.07, 6.45) is 0.814. The number of Topliss-reactive ketones (excluding diaryl/α,β-unsaturated/α-hetero) is 1. The maximum atomic E-state index is 14.7. The third-order valence-electron chi connectivity index (χ3n) is 5.42. The Labute approximate surface area is 194 Å². The van der Waals surface area contributed by atoms with Crippen molar-refractivity contribution in [1.29, 1.82) is 0 Å². The van der Waals surface area contributed by atoms with Gasteiger partial charge in [-0.3, -0.25) is 14.5 Å². The monoisotopic (exact) mass is 465 g/mol. The van der Waals surface area contributed by atoms with Crippen molar-refractivity contribution in [3.63, 3.8) is 0 Å². The van der Waals surface area contributed by atoms with Crippen molar-refractivity contribution in [1.82, 2.24) is 0 Å². The van der Waals surface area contributed by atoms with Crippen molar-refractivity contribution >= 4 is 23.1 Å². The SMILES string of the molecule is CCCOc1ccc(/C(O)=C2\C(=O)C(=O)N(c3cc(F)ccc3F)C2c2ccc(O)cc2)cc1. The highest BCUT2D eigenvalue weighted by atomic mass is 19.1. The van der Waals surface area contributed by atoms with Crippen LogP contribution in [-0.4, -0.2) is 28.5 Å². The van der Waals surface area contributed by atoms with Crippen LogP contribution in [0.2, 0.25) is 0 Å². The second-order valence-corrected chi connectivity index (χ2v) is 7.73. The van der Waals surface area contributed by atoms with Gasteiger partial charge in [-0.1, -0.05) is 19.1 Å². The van der Waals surface area contributed by atoms with Crippen molar-refractivity contribution in [3.8, 4) is 11.5 Å². The molecule has 3 aromatic carbocycles. The lowest BCUT2D eigenvalue weighted by Gasteiger charge is -2.25. The van der Waals surface area contributed by atoms with Crippen LogP contribution in [0.15, 0.2) is 72.3 Å². The van der Waals surface area contributed by atoms with E-state index in [-0.39, 0.29) is 16.9 Å². The summed E-state index contributed by atoms with van der Waals surface area (Å²) in [5.41, 5.74) is -0.181. The highest BCUT2D eigenvalue weighted by molar-refractivity contribution is 6.51. The molecule has 0 saturated carbocycles. The van der Waals surface area contributed by atoms with E-state index in [1.165, 1.54) is 36.4 Å². The average Bonchev–Trinajstić information content (AvgIpc) is 3.10. The van der Waals surface area contributed by atoms with Crippen LogP contribution in [0.4, 0.5) is 14.5 Å². The summed E-state index contributed by atoms with van der Waals surface area (Å²) in [6, 6.07) is 13.1. The van der Waals surface area contributed by atoms with E-state index in [2.05, 4.69) is 0 Å². The van der Waals surface area contributed by atoms with Crippen LogP contribution < -0.4 is 9.64 Å². The molecule has 34 heavy (non-hydrogen) atoms. The topological polar surface area (TPSA) is 87.1 Å². The number of phenols is 1. The number of aromatic hydroxyl groups is 1. The lowest BCUT2D eigenvalue weighted by Crippen LogP contribution is -2.30. The number of phenolic OH excluding ortho intramolecular Hbond substituents is 1. The van der Waals surface area contributed by atoms with Gasteiger partial charge >= 0.3 is 0 Å². The minimum atomic E-state index is -1.26. The molecule has 1 unspecified atom stereocenters. The maximum absolute atomic E-state index is 14.7. The first-order valence-electron chi connectivity index (χ1n) is 10.6. The summed E-state index contributed by atoms with van der Waals surface area (Å²) in [7, 11) is 0. The molecule has 0 aliphatic carbocycles. The lowest BCUT2D eigenvalue weighted by molar-refractivity contribution is -0.132. The van der Waals surface area contributed by atoms with Crippen LogP contribution >= 0.6 is 0 Å². The molecule has 1 aliphatic rings. The first kappa shape index (κ1) is 23.0. The van der Waals surface area contributed by atoms with Crippen LogP contribution in [0.1, 0.15) is 30.5 Å². The van der Waals surface area contributed by atoms with Crippen LogP contribution in [0.5, 0.6) is 11.5 Å². The third-order valence-corrected chi connectivity index (χ3v) is 5.42. The van der Waals surface area contributed by atoms with E-state index < -0.39 is 40.8 Å². The standard InChI is InChI=1S/C26H21F2NO5/c1-2-13-34-19-10-5-16(6-11-19)24(31)22-23(15-3-8-18(30)9-4-15)29(26(33)25(22)32)21-14-17(27)7-12-20(21)28/h3-12,14,23,30-31H,2,13H2,1H3/b24-22+. The Hall–Kier alpha value is -4.20. The zero-order valence-electron chi connectivity index (χ0n) is 18.2. The van der Waals surface area contributed by atoms with Gasteiger partial charge < -0.3 is 14.9 Å². The number of hydrogen-bond donors (Lipinski definition) is 2. The quantitative estimate of drug-likeness (QED) is 0.301.